The molecule has 0 aliphatic rings. The van der Waals surface area contributed by atoms with Crippen LogP contribution in [-0.4, -0.2) is 22.1 Å². The van der Waals surface area contributed by atoms with Crippen molar-refractivity contribution in [3.63, 3.8) is 0 Å². The Hall–Kier alpha value is -2.82. The lowest BCUT2D eigenvalue weighted by atomic mass is 10.1. The maximum absolute atomic E-state index is 12.2. The van der Waals surface area contributed by atoms with Gasteiger partial charge in [-0.3, -0.25) is 0 Å². The highest BCUT2D eigenvalue weighted by Gasteiger charge is 2.11. The maximum atomic E-state index is 12.2. The van der Waals surface area contributed by atoms with Crippen molar-refractivity contribution >= 4 is 22.8 Å². The fourth-order valence-electron chi connectivity index (χ4n) is 3.46. The minimum atomic E-state index is -0.177. The molecule has 0 fully saturated rings. The van der Waals surface area contributed by atoms with Crippen LogP contribution in [0.3, 0.4) is 0 Å². The Kier molecular flexibility index (Phi) is 5.79. The van der Waals surface area contributed by atoms with Crippen molar-refractivity contribution in [2.75, 3.05) is 11.9 Å². The van der Waals surface area contributed by atoms with Gasteiger partial charge in [0.25, 0.3) is 0 Å². The lowest BCUT2D eigenvalue weighted by molar-refractivity contribution is 0.252. The molecule has 2 heterocycles. The van der Waals surface area contributed by atoms with Gasteiger partial charge in [0.1, 0.15) is 5.65 Å². The summed E-state index contributed by atoms with van der Waals surface area (Å²) >= 11 is 0. The molecule has 142 valence electrons. The van der Waals surface area contributed by atoms with E-state index in [0.717, 1.165) is 40.8 Å². The van der Waals surface area contributed by atoms with Crippen LogP contribution in [0.5, 0.6) is 0 Å². The van der Waals surface area contributed by atoms with E-state index in [1.165, 1.54) is 5.56 Å². The van der Waals surface area contributed by atoms with Gasteiger partial charge < -0.3 is 15.2 Å². The molecule has 2 aromatic heterocycles. The first-order valence-corrected chi connectivity index (χ1v) is 9.48. The molecule has 0 saturated heterocycles. The van der Waals surface area contributed by atoms with E-state index in [2.05, 4.69) is 52.4 Å². The lowest BCUT2D eigenvalue weighted by Gasteiger charge is -2.09. The molecule has 0 bridgehead atoms. The summed E-state index contributed by atoms with van der Waals surface area (Å²) in [6.07, 6.45) is 4.77. The molecule has 3 aromatic rings. The number of hydrogen-bond acceptors (Lipinski definition) is 2. The summed E-state index contributed by atoms with van der Waals surface area (Å²) in [6.45, 7) is 9.97. The summed E-state index contributed by atoms with van der Waals surface area (Å²) in [5, 5.41) is 7.03. The molecule has 0 radical (unpaired) electrons. The van der Waals surface area contributed by atoms with Crippen molar-refractivity contribution in [1.29, 1.82) is 0 Å². The van der Waals surface area contributed by atoms with Crippen LogP contribution >= 0.6 is 0 Å². The number of hydrogen-bond donors (Lipinski definition) is 2. The van der Waals surface area contributed by atoms with Crippen LogP contribution in [-0.2, 0) is 13.0 Å². The van der Waals surface area contributed by atoms with Gasteiger partial charge in [0.15, 0.2) is 0 Å². The first kappa shape index (κ1) is 19.0. The molecule has 2 N–H and O–H groups in total. The van der Waals surface area contributed by atoms with Gasteiger partial charge >= 0.3 is 6.03 Å². The van der Waals surface area contributed by atoms with Gasteiger partial charge in [-0.1, -0.05) is 19.9 Å². The van der Waals surface area contributed by atoms with Crippen LogP contribution < -0.4 is 10.6 Å². The second kappa shape index (κ2) is 8.25. The van der Waals surface area contributed by atoms with Crippen molar-refractivity contribution in [3.05, 3.63) is 59.4 Å². The van der Waals surface area contributed by atoms with Crippen LogP contribution in [0.25, 0.3) is 11.0 Å². The summed E-state index contributed by atoms with van der Waals surface area (Å²) in [7, 11) is 0. The number of fused-ring (bicyclic) bond motifs is 1. The highest BCUT2D eigenvalue weighted by molar-refractivity contribution is 5.89. The van der Waals surface area contributed by atoms with Gasteiger partial charge in [-0.05, 0) is 67.1 Å². The van der Waals surface area contributed by atoms with Gasteiger partial charge in [-0.2, -0.15) is 0 Å². The van der Waals surface area contributed by atoms with Crippen LogP contribution in [0.15, 0.2) is 42.7 Å². The van der Waals surface area contributed by atoms with Crippen LogP contribution in [0.2, 0.25) is 0 Å². The number of aromatic nitrogens is 2. The van der Waals surface area contributed by atoms with Crippen molar-refractivity contribution in [3.8, 4) is 0 Å². The minimum Gasteiger partial charge on any atom is -0.338 e. The Balaban J connectivity index is 1.62. The number of amides is 2. The van der Waals surface area contributed by atoms with Gasteiger partial charge in [0.05, 0.1) is 0 Å². The van der Waals surface area contributed by atoms with E-state index in [1.54, 1.807) is 0 Å². The van der Waals surface area contributed by atoms with Crippen molar-refractivity contribution in [2.24, 2.45) is 5.92 Å². The standard InChI is InChI=1S/C22H28N4O/c1-15(2)13-26-14-18(20-6-5-8-23-21(20)26)7-9-24-22(27)25-19-11-16(3)10-17(4)12-19/h5-6,8,10-12,14-15H,7,9,13H2,1-4H3,(H2,24,25,27). The number of urea groups is 1. The molecule has 2 amide bonds. The monoisotopic (exact) mass is 364 g/mol. The number of aryl methyl sites for hydroxylation is 2. The third-order valence-electron chi connectivity index (χ3n) is 4.44. The summed E-state index contributed by atoms with van der Waals surface area (Å²) in [4.78, 5) is 16.7. The van der Waals surface area contributed by atoms with E-state index in [9.17, 15) is 4.79 Å². The smallest absolute Gasteiger partial charge is 0.319 e. The summed E-state index contributed by atoms with van der Waals surface area (Å²) in [5.41, 5.74) is 5.32. The zero-order valence-electron chi connectivity index (χ0n) is 16.5. The Bertz CT molecular complexity index is 922. The highest BCUT2D eigenvalue weighted by Crippen LogP contribution is 2.21. The minimum absolute atomic E-state index is 0.177. The molecule has 0 saturated carbocycles. The molecule has 5 nitrogen and oxygen atoms in total. The molecule has 27 heavy (non-hydrogen) atoms. The van der Waals surface area contributed by atoms with Gasteiger partial charge in [0, 0.05) is 36.6 Å². The molecule has 5 heteroatoms. The topological polar surface area (TPSA) is 59.0 Å². The fourth-order valence-corrected chi connectivity index (χ4v) is 3.46. The number of carbonyl (C=O) groups is 1. The molecule has 0 aliphatic carbocycles. The first-order valence-electron chi connectivity index (χ1n) is 9.48. The number of pyridine rings is 1. The number of carbonyl (C=O) groups excluding carboxylic acids is 1. The predicted molar refractivity (Wildman–Crippen MR) is 111 cm³/mol. The maximum Gasteiger partial charge on any atom is 0.319 e. The zero-order valence-corrected chi connectivity index (χ0v) is 16.5. The quantitative estimate of drug-likeness (QED) is 0.667. The number of rotatable bonds is 6. The van der Waals surface area contributed by atoms with Crippen LogP contribution in [0.4, 0.5) is 10.5 Å². The third-order valence-corrected chi connectivity index (χ3v) is 4.44. The summed E-state index contributed by atoms with van der Waals surface area (Å²) < 4.78 is 2.21. The van der Waals surface area contributed by atoms with Crippen LogP contribution in [0.1, 0.15) is 30.5 Å². The Morgan fingerprint density at radius 2 is 1.93 bits per heavy atom. The fraction of sp³-hybridized carbons (Fsp3) is 0.364. The average molecular weight is 364 g/mol. The van der Waals surface area contributed by atoms with E-state index in [1.807, 2.05) is 38.2 Å². The number of nitrogens with zero attached hydrogens (tertiary/aromatic N) is 2. The molecule has 0 spiro atoms. The van der Waals surface area contributed by atoms with Gasteiger partial charge in [-0.15, -0.1) is 0 Å². The van der Waals surface area contributed by atoms with Crippen molar-refractivity contribution in [1.82, 2.24) is 14.9 Å². The molecular weight excluding hydrogens is 336 g/mol. The normalized spacial score (nSPS) is 11.1. The predicted octanol–water partition coefficient (Wildman–Crippen LogP) is 4.67. The Morgan fingerprint density at radius 1 is 1.19 bits per heavy atom. The second-order valence-electron chi connectivity index (χ2n) is 7.58. The summed E-state index contributed by atoms with van der Waals surface area (Å²) in [6, 6.07) is 9.92. The molecule has 0 unspecified atom stereocenters. The number of anilines is 1. The van der Waals surface area contributed by atoms with E-state index in [4.69, 9.17) is 0 Å². The Morgan fingerprint density at radius 3 is 2.63 bits per heavy atom. The molecule has 0 atom stereocenters. The molecule has 3 rings (SSSR count). The Labute approximate surface area is 160 Å². The number of nitrogens with one attached hydrogen (secondary N) is 2. The molecule has 1 aromatic carbocycles. The van der Waals surface area contributed by atoms with E-state index in [0.29, 0.717) is 12.5 Å². The van der Waals surface area contributed by atoms with Crippen molar-refractivity contribution in [2.45, 2.75) is 40.7 Å². The van der Waals surface area contributed by atoms with E-state index < -0.39 is 0 Å². The van der Waals surface area contributed by atoms with E-state index in [-0.39, 0.29) is 6.03 Å². The molecule has 0 aliphatic heterocycles. The highest BCUT2D eigenvalue weighted by atomic mass is 16.2. The average Bonchev–Trinajstić information content (AvgIpc) is 2.91. The third kappa shape index (κ3) is 4.88. The first-order chi connectivity index (χ1) is 12.9. The number of benzene rings is 1. The summed E-state index contributed by atoms with van der Waals surface area (Å²) in [5.74, 6) is 0.553. The van der Waals surface area contributed by atoms with Gasteiger partial charge in [0.2, 0.25) is 0 Å². The molecular formula is C22H28N4O. The van der Waals surface area contributed by atoms with Crippen LogP contribution in [0, 0.1) is 19.8 Å². The van der Waals surface area contributed by atoms with E-state index >= 15 is 0 Å². The second-order valence-corrected chi connectivity index (χ2v) is 7.58. The zero-order chi connectivity index (χ0) is 19.4. The SMILES string of the molecule is Cc1cc(C)cc(NC(=O)NCCc2cn(CC(C)C)c3ncccc23)c1. The lowest BCUT2D eigenvalue weighted by Crippen LogP contribution is -2.30. The van der Waals surface area contributed by atoms with Gasteiger partial charge in [-0.25, -0.2) is 9.78 Å². The largest absolute Gasteiger partial charge is 0.338 e. The van der Waals surface area contributed by atoms with Crippen molar-refractivity contribution < 1.29 is 4.79 Å².